The summed E-state index contributed by atoms with van der Waals surface area (Å²) in [7, 11) is 0. The lowest BCUT2D eigenvalue weighted by Gasteiger charge is -2.09. The Bertz CT molecular complexity index is 654. The first-order valence-corrected chi connectivity index (χ1v) is 6.96. The van der Waals surface area contributed by atoms with Gasteiger partial charge in [0.15, 0.2) is 11.5 Å². The van der Waals surface area contributed by atoms with Crippen molar-refractivity contribution in [1.29, 1.82) is 0 Å². The Hall–Kier alpha value is -2.64. The molecule has 8 heteroatoms. The van der Waals surface area contributed by atoms with Gasteiger partial charge in [0.05, 0.1) is 5.56 Å². The second-order valence-corrected chi connectivity index (χ2v) is 4.76. The van der Waals surface area contributed by atoms with Crippen LogP contribution in [0, 0.1) is 0 Å². The molecule has 1 aromatic heterocycles. The number of alkyl halides is 3. The van der Waals surface area contributed by atoms with Crippen LogP contribution in [-0.2, 0) is 6.18 Å². The van der Waals surface area contributed by atoms with Gasteiger partial charge in [-0.2, -0.15) is 13.2 Å². The molecule has 2 aromatic rings. The number of nitrogens with zero attached hydrogens (tertiary/aromatic N) is 2. The van der Waals surface area contributed by atoms with Crippen LogP contribution in [-0.4, -0.2) is 22.6 Å². The molecule has 1 heterocycles. The molecular weight excluding hydrogens is 309 g/mol. The number of rotatable bonds is 5. The molecule has 0 bridgehead atoms. The average molecular weight is 324 g/mol. The van der Waals surface area contributed by atoms with Crippen LogP contribution >= 0.6 is 0 Å². The highest BCUT2D eigenvalue weighted by molar-refractivity contribution is 5.92. The van der Waals surface area contributed by atoms with Gasteiger partial charge in [0.1, 0.15) is 0 Å². The van der Waals surface area contributed by atoms with Crippen LogP contribution in [0.2, 0.25) is 0 Å². The van der Waals surface area contributed by atoms with Gasteiger partial charge >= 0.3 is 6.18 Å². The van der Waals surface area contributed by atoms with Gasteiger partial charge in [0.2, 0.25) is 0 Å². The minimum absolute atomic E-state index is 0.177. The Balaban J connectivity index is 2.02. The molecule has 0 saturated carbocycles. The molecule has 0 aliphatic carbocycles. The summed E-state index contributed by atoms with van der Waals surface area (Å²) >= 11 is 0. The number of benzene rings is 1. The summed E-state index contributed by atoms with van der Waals surface area (Å²) in [5.74, 6) is 0.0113. The minimum Gasteiger partial charge on any atom is -0.351 e. The van der Waals surface area contributed by atoms with E-state index in [0.29, 0.717) is 18.1 Å². The normalized spacial score (nSPS) is 11.1. The third-order valence-electron chi connectivity index (χ3n) is 2.92. The fraction of sp³-hybridized carbons (Fsp3) is 0.267. The lowest BCUT2D eigenvalue weighted by molar-refractivity contribution is -0.137. The number of carbonyl (C=O) groups is 1. The molecule has 0 spiro atoms. The van der Waals surface area contributed by atoms with E-state index in [2.05, 4.69) is 20.8 Å². The van der Waals surface area contributed by atoms with Crippen molar-refractivity contribution in [3.8, 4) is 0 Å². The van der Waals surface area contributed by atoms with Gasteiger partial charge in [-0.25, -0.2) is 0 Å². The molecule has 2 N–H and O–H groups in total. The molecule has 0 saturated heterocycles. The van der Waals surface area contributed by atoms with Crippen LogP contribution in [0.5, 0.6) is 0 Å². The predicted octanol–water partition coefficient (Wildman–Crippen LogP) is 3.38. The lowest BCUT2D eigenvalue weighted by atomic mass is 10.2. The molecule has 1 amide bonds. The Labute approximate surface area is 130 Å². The number of carbonyl (C=O) groups excluding carboxylic acids is 1. The third-order valence-corrected chi connectivity index (χ3v) is 2.92. The van der Waals surface area contributed by atoms with E-state index in [9.17, 15) is 18.0 Å². The standard InChI is InChI=1S/C15H15F3N4O/c1-2-9-19-14(23)12-7-8-13(22-21-12)20-11-5-3-10(4-6-11)15(16,17)18/h3-8H,2,9H2,1H3,(H,19,23)(H,20,22). The second-order valence-electron chi connectivity index (χ2n) is 4.76. The highest BCUT2D eigenvalue weighted by Gasteiger charge is 2.29. The molecule has 2 rings (SSSR count). The van der Waals surface area contributed by atoms with Crippen molar-refractivity contribution in [1.82, 2.24) is 15.5 Å². The van der Waals surface area contributed by atoms with Crippen molar-refractivity contribution >= 4 is 17.4 Å². The number of anilines is 2. The van der Waals surface area contributed by atoms with Crippen LogP contribution in [0.1, 0.15) is 29.4 Å². The van der Waals surface area contributed by atoms with E-state index < -0.39 is 11.7 Å². The third kappa shape index (κ3) is 4.67. The van der Waals surface area contributed by atoms with Crippen molar-refractivity contribution in [3.63, 3.8) is 0 Å². The Morgan fingerprint density at radius 1 is 1.09 bits per heavy atom. The highest BCUT2D eigenvalue weighted by atomic mass is 19.4. The quantitative estimate of drug-likeness (QED) is 0.885. The Morgan fingerprint density at radius 3 is 2.30 bits per heavy atom. The van der Waals surface area contributed by atoms with Gasteiger partial charge in [0, 0.05) is 12.2 Å². The van der Waals surface area contributed by atoms with Crippen molar-refractivity contribution in [2.24, 2.45) is 0 Å². The van der Waals surface area contributed by atoms with Crippen LogP contribution in [0.3, 0.4) is 0 Å². The fourth-order valence-electron chi connectivity index (χ4n) is 1.74. The highest BCUT2D eigenvalue weighted by Crippen LogP contribution is 2.30. The SMILES string of the molecule is CCCNC(=O)c1ccc(Nc2ccc(C(F)(F)F)cc2)nn1. The minimum atomic E-state index is -4.37. The van der Waals surface area contributed by atoms with Gasteiger partial charge in [-0.1, -0.05) is 6.92 Å². The van der Waals surface area contributed by atoms with Gasteiger partial charge in [-0.05, 0) is 42.8 Å². The van der Waals surface area contributed by atoms with Crippen molar-refractivity contribution in [2.45, 2.75) is 19.5 Å². The molecule has 5 nitrogen and oxygen atoms in total. The van der Waals surface area contributed by atoms with Crippen LogP contribution in [0.15, 0.2) is 36.4 Å². The number of hydrogen-bond donors (Lipinski definition) is 2. The first kappa shape index (κ1) is 16.7. The maximum atomic E-state index is 12.5. The maximum absolute atomic E-state index is 12.5. The van der Waals surface area contributed by atoms with E-state index in [4.69, 9.17) is 0 Å². The smallest absolute Gasteiger partial charge is 0.351 e. The van der Waals surface area contributed by atoms with Gasteiger partial charge < -0.3 is 10.6 Å². The van der Waals surface area contributed by atoms with Gasteiger partial charge in [0.25, 0.3) is 5.91 Å². The summed E-state index contributed by atoms with van der Waals surface area (Å²) in [6.07, 6.45) is -3.56. The first-order valence-electron chi connectivity index (χ1n) is 6.96. The second kappa shape index (κ2) is 7.08. The first-order chi connectivity index (χ1) is 10.9. The molecule has 0 radical (unpaired) electrons. The monoisotopic (exact) mass is 324 g/mol. The number of hydrogen-bond acceptors (Lipinski definition) is 4. The van der Waals surface area contributed by atoms with E-state index in [1.165, 1.54) is 24.3 Å². The van der Waals surface area contributed by atoms with Gasteiger partial charge in [-0.3, -0.25) is 4.79 Å². The summed E-state index contributed by atoms with van der Waals surface area (Å²) in [5, 5.41) is 13.1. The zero-order valence-corrected chi connectivity index (χ0v) is 12.3. The Kier molecular flexibility index (Phi) is 5.15. The molecule has 0 fully saturated rings. The van der Waals surface area contributed by atoms with E-state index in [0.717, 1.165) is 18.6 Å². The topological polar surface area (TPSA) is 66.9 Å². The summed E-state index contributed by atoms with van der Waals surface area (Å²) in [4.78, 5) is 11.7. The van der Waals surface area contributed by atoms with Crippen LogP contribution < -0.4 is 10.6 Å². The molecule has 1 aromatic carbocycles. The maximum Gasteiger partial charge on any atom is 0.416 e. The summed E-state index contributed by atoms with van der Waals surface area (Å²) < 4.78 is 37.4. The average Bonchev–Trinajstić information content (AvgIpc) is 2.53. The number of amides is 1. The fourth-order valence-corrected chi connectivity index (χ4v) is 1.74. The van der Waals surface area contributed by atoms with Crippen molar-refractivity contribution in [2.75, 3.05) is 11.9 Å². The largest absolute Gasteiger partial charge is 0.416 e. The molecule has 0 aliphatic rings. The van der Waals surface area contributed by atoms with E-state index in [1.807, 2.05) is 6.92 Å². The van der Waals surface area contributed by atoms with Crippen LogP contribution in [0.4, 0.5) is 24.7 Å². The van der Waals surface area contributed by atoms with E-state index in [-0.39, 0.29) is 11.6 Å². The van der Waals surface area contributed by atoms with Gasteiger partial charge in [-0.15, -0.1) is 10.2 Å². The number of nitrogens with one attached hydrogen (secondary N) is 2. The molecule has 122 valence electrons. The molecular formula is C15H15F3N4O. The molecule has 0 atom stereocenters. The lowest BCUT2D eigenvalue weighted by Crippen LogP contribution is -2.25. The summed E-state index contributed by atoms with van der Waals surface area (Å²) in [5.41, 5.74) is -0.107. The van der Waals surface area contributed by atoms with Crippen molar-refractivity contribution in [3.05, 3.63) is 47.7 Å². The zero-order valence-electron chi connectivity index (χ0n) is 12.3. The predicted molar refractivity (Wildman–Crippen MR) is 79.4 cm³/mol. The summed E-state index contributed by atoms with van der Waals surface area (Å²) in [6.45, 7) is 2.48. The zero-order chi connectivity index (χ0) is 16.9. The summed E-state index contributed by atoms with van der Waals surface area (Å²) in [6, 6.07) is 7.57. The van der Waals surface area contributed by atoms with Crippen molar-refractivity contribution < 1.29 is 18.0 Å². The Morgan fingerprint density at radius 2 is 1.78 bits per heavy atom. The number of aromatic nitrogens is 2. The van der Waals surface area contributed by atoms with E-state index >= 15 is 0 Å². The van der Waals surface area contributed by atoms with E-state index in [1.54, 1.807) is 0 Å². The van der Waals surface area contributed by atoms with Crippen LogP contribution in [0.25, 0.3) is 0 Å². The molecule has 0 unspecified atom stereocenters. The number of halogens is 3. The molecule has 0 aliphatic heterocycles. The molecule has 23 heavy (non-hydrogen) atoms.